The van der Waals surface area contributed by atoms with Crippen molar-refractivity contribution in [2.75, 3.05) is 0 Å². The highest BCUT2D eigenvalue weighted by atomic mass is 32.2. The number of nitro benzene ring substituents is 1. The maximum absolute atomic E-state index is 11.4. The zero-order valence-corrected chi connectivity index (χ0v) is 14.3. The third-order valence-electron chi connectivity index (χ3n) is 3.03. The van der Waals surface area contributed by atoms with Gasteiger partial charge < -0.3 is 9.29 Å². The van der Waals surface area contributed by atoms with E-state index in [2.05, 4.69) is 4.98 Å². The van der Waals surface area contributed by atoms with Crippen molar-refractivity contribution in [3.8, 4) is 0 Å². The Kier molecular flexibility index (Phi) is 6.10. The number of hydrogen-bond donors (Lipinski definition) is 1. The van der Waals surface area contributed by atoms with Crippen molar-refractivity contribution in [2.24, 2.45) is 0 Å². The van der Waals surface area contributed by atoms with Gasteiger partial charge in [-0.2, -0.15) is 0 Å². The molecule has 0 radical (unpaired) electrons. The smallest absolute Gasteiger partial charge is 0.318 e. The Balaban J connectivity index is 2.14. The van der Waals surface area contributed by atoms with Crippen LogP contribution in [0.5, 0.6) is 0 Å². The molecule has 0 saturated heterocycles. The van der Waals surface area contributed by atoms with Crippen molar-refractivity contribution in [1.82, 2.24) is 4.98 Å². The van der Waals surface area contributed by atoms with E-state index >= 15 is 0 Å². The lowest BCUT2D eigenvalue weighted by molar-refractivity contribution is -0.385. The summed E-state index contributed by atoms with van der Waals surface area (Å²) >= 11 is 1.99. The van der Waals surface area contributed by atoms with Crippen LogP contribution in [0.3, 0.4) is 0 Å². The van der Waals surface area contributed by atoms with Crippen LogP contribution in [0, 0.1) is 10.1 Å². The van der Waals surface area contributed by atoms with E-state index in [1.54, 1.807) is 6.07 Å². The average molecular weight is 370 g/mol. The molecule has 0 amide bonds. The summed E-state index contributed by atoms with van der Waals surface area (Å²) in [5, 5.41) is 19.7. The fraction of sp³-hybridized carbons (Fsp3) is 0.357. The number of fused-ring (bicyclic) bond motifs is 1. The number of nitrogens with zero attached hydrogens (tertiary/aromatic N) is 2. The molecule has 10 heteroatoms. The van der Waals surface area contributed by atoms with Crippen LogP contribution in [-0.2, 0) is 20.2 Å². The zero-order chi connectivity index (χ0) is 17.7. The minimum Gasteiger partial charge on any atom is -0.481 e. The van der Waals surface area contributed by atoms with Gasteiger partial charge >= 0.3 is 11.9 Å². The van der Waals surface area contributed by atoms with E-state index in [9.17, 15) is 19.7 Å². The highest BCUT2D eigenvalue weighted by Crippen LogP contribution is 2.34. The Labute approximate surface area is 145 Å². The maximum Gasteiger partial charge on any atom is 0.318 e. The fourth-order valence-corrected chi connectivity index (χ4v) is 3.62. The minimum absolute atomic E-state index is 0.0321. The van der Waals surface area contributed by atoms with Crippen LogP contribution in [0.1, 0.15) is 31.7 Å². The van der Waals surface area contributed by atoms with E-state index in [1.807, 2.05) is 6.92 Å². The molecular formula is C14H14N2O6S2. The van der Waals surface area contributed by atoms with Gasteiger partial charge in [-0.3, -0.25) is 19.7 Å². The van der Waals surface area contributed by atoms with Gasteiger partial charge in [0.25, 0.3) is 5.69 Å². The van der Waals surface area contributed by atoms with Crippen LogP contribution in [-0.4, -0.2) is 27.0 Å². The summed E-state index contributed by atoms with van der Waals surface area (Å²) in [6.07, 6.45) is 0.857. The predicted molar refractivity (Wildman–Crippen MR) is 89.1 cm³/mol. The first-order chi connectivity index (χ1) is 11.4. The van der Waals surface area contributed by atoms with Gasteiger partial charge in [0.2, 0.25) is 0 Å². The number of hydrogen-bond acceptors (Lipinski definition) is 8. The zero-order valence-electron chi connectivity index (χ0n) is 12.7. The number of nitro groups is 1. The van der Waals surface area contributed by atoms with Crippen molar-refractivity contribution in [3.63, 3.8) is 0 Å². The van der Waals surface area contributed by atoms with Crippen LogP contribution >= 0.6 is 23.4 Å². The molecule has 1 aromatic carbocycles. The Morgan fingerprint density at radius 3 is 2.79 bits per heavy atom. The Hall–Kier alpha value is -2.20. The van der Waals surface area contributed by atoms with Gasteiger partial charge in [-0.25, -0.2) is 4.98 Å². The molecule has 0 aliphatic heterocycles. The van der Waals surface area contributed by atoms with Crippen LogP contribution in [0.25, 0.3) is 10.2 Å². The van der Waals surface area contributed by atoms with Gasteiger partial charge in [0.1, 0.15) is 12.0 Å². The van der Waals surface area contributed by atoms with Crippen molar-refractivity contribution in [1.29, 1.82) is 0 Å². The van der Waals surface area contributed by atoms with Gasteiger partial charge in [0.15, 0.2) is 4.34 Å². The van der Waals surface area contributed by atoms with Crippen molar-refractivity contribution >= 4 is 51.2 Å². The molecule has 0 bridgehead atoms. The third kappa shape index (κ3) is 4.65. The molecule has 2 aromatic rings. The molecule has 24 heavy (non-hydrogen) atoms. The van der Waals surface area contributed by atoms with Gasteiger partial charge in [0, 0.05) is 11.6 Å². The second-order valence-corrected chi connectivity index (χ2v) is 6.88. The lowest BCUT2D eigenvalue weighted by atomic mass is 10.1. The van der Waals surface area contributed by atoms with Gasteiger partial charge in [-0.1, -0.05) is 13.3 Å². The molecular weight excluding hydrogens is 356 g/mol. The molecule has 0 fully saturated rings. The van der Waals surface area contributed by atoms with Crippen LogP contribution in [0.2, 0.25) is 0 Å². The summed E-state index contributed by atoms with van der Waals surface area (Å²) < 4.78 is 6.09. The molecule has 0 aliphatic rings. The number of carbonyl (C=O) groups excluding carboxylic acids is 1. The first-order valence-corrected chi connectivity index (χ1v) is 8.63. The number of rotatable bonds is 8. The first-order valence-electron chi connectivity index (χ1n) is 7.07. The molecule has 128 valence electrons. The summed E-state index contributed by atoms with van der Waals surface area (Å²) in [7, 11) is 0. The summed E-state index contributed by atoms with van der Waals surface area (Å²) in [6, 6.07) is 3.16. The van der Waals surface area contributed by atoms with Crippen LogP contribution in [0.4, 0.5) is 5.69 Å². The van der Waals surface area contributed by atoms with Crippen molar-refractivity contribution < 1.29 is 23.8 Å². The minimum atomic E-state index is -1.08. The van der Waals surface area contributed by atoms with Crippen molar-refractivity contribution in [3.05, 3.63) is 27.8 Å². The van der Waals surface area contributed by atoms with Gasteiger partial charge in [-0.05, 0) is 12.5 Å². The van der Waals surface area contributed by atoms with E-state index < -0.39 is 16.9 Å². The summed E-state index contributed by atoms with van der Waals surface area (Å²) in [6.45, 7) is 1.94. The normalized spacial score (nSPS) is 10.7. The number of carbonyl (C=O) groups is 2. The predicted octanol–water partition coefficient (Wildman–Crippen LogP) is 3.57. The second-order valence-electron chi connectivity index (χ2n) is 4.87. The number of carboxylic acids is 1. The molecule has 0 unspecified atom stereocenters. The monoisotopic (exact) mass is 370 g/mol. The van der Waals surface area contributed by atoms with E-state index in [1.165, 1.54) is 17.4 Å². The van der Waals surface area contributed by atoms with E-state index in [-0.39, 0.29) is 18.5 Å². The molecule has 0 saturated carbocycles. The molecule has 0 aliphatic carbocycles. The Morgan fingerprint density at radius 2 is 2.17 bits per heavy atom. The fourth-order valence-electron chi connectivity index (χ4n) is 1.99. The standard InChI is InChI=1S/C14H14N2O6S2/c1-2-3-8-6-11-9(7-10(8)16(20)21)15-14(23-11)24-22-13(19)5-4-12(17)18/h6-7H,2-5H2,1H3,(H,17,18). The lowest BCUT2D eigenvalue weighted by Gasteiger charge is -2.00. The number of carboxylic acid groups (broad SMARTS) is 1. The van der Waals surface area contributed by atoms with E-state index in [0.29, 0.717) is 21.8 Å². The number of aromatic nitrogens is 1. The molecule has 1 heterocycles. The number of aliphatic carboxylic acids is 1. The van der Waals surface area contributed by atoms with E-state index in [0.717, 1.165) is 23.2 Å². The molecule has 0 spiro atoms. The topological polar surface area (TPSA) is 120 Å². The first kappa shape index (κ1) is 18.1. The molecule has 0 atom stereocenters. The molecule has 2 rings (SSSR count). The van der Waals surface area contributed by atoms with Crippen molar-refractivity contribution in [2.45, 2.75) is 36.9 Å². The average Bonchev–Trinajstić information content (AvgIpc) is 2.92. The Morgan fingerprint density at radius 1 is 1.42 bits per heavy atom. The largest absolute Gasteiger partial charge is 0.481 e. The lowest BCUT2D eigenvalue weighted by Crippen LogP contribution is -2.03. The van der Waals surface area contributed by atoms with E-state index in [4.69, 9.17) is 9.29 Å². The SMILES string of the molecule is CCCc1cc2sc(SOC(=O)CCC(=O)O)nc2cc1[N+](=O)[O-]. The van der Waals surface area contributed by atoms with Gasteiger partial charge in [0.05, 0.1) is 28.0 Å². The maximum atomic E-state index is 11.4. The molecule has 1 N–H and O–H groups in total. The number of benzene rings is 1. The third-order valence-corrected chi connectivity index (χ3v) is 4.80. The second kappa shape index (κ2) is 8.06. The molecule has 8 nitrogen and oxygen atoms in total. The number of aryl methyl sites for hydroxylation is 1. The summed E-state index contributed by atoms with van der Waals surface area (Å²) in [5.74, 6) is -1.73. The summed E-state index contributed by atoms with van der Waals surface area (Å²) in [4.78, 5) is 36.7. The summed E-state index contributed by atoms with van der Waals surface area (Å²) in [5.41, 5.74) is 1.15. The molecule has 1 aromatic heterocycles. The van der Waals surface area contributed by atoms with Crippen LogP contribution in [0.15, 0.2) is 16.5 Å². The number of thiazole rings is 1. The quantitative estimate of drug-likeness (QED) is 0.425. The van der Waals surface area contributed by atoms with Gasteiger partial charge in [-0.15, -0.1) is 11.3 Å². The highest BCUT2D eigenvalue weighted by molar-refractivity contribution is 7.97. The highest BCUT2D eigenvalue weighted by Gasteiger charge is 2.18. The van der Waals surface area contributed by atoms with Crippen LogP contribution < -0.4 is 0 Å². The Bertz CT molecular complexity index is 789.